The Morgan fingerprint density at radius 1 is 1.05 bits per heavy atom. The molecule has 204 valence electrons. The molecule has 1 saturated heterocycles. The van der Waals surface area contributed by atoms with Crippen LogP contribution in [0.3, 0.4) is 0 Å². The summed E-state index contributed by atoms with van der Waals surface area (Å²) < 4.78 is 6.97. The molecule has 4 fully saturated rings. The Bertz CT molecular complexity index is 1260. The predicted molar refractivity (Wildman–Crippen MR) is 142 cm³/mol. The van der Waals surface area contributed by atoms with Gasteiger partial charge in [-0.25, -0.2) is 0 Å². The molecular formula is C32H41NO5. The van der Waals surface area contributed by atoms with Gasteiger partial charge in [-0.3, -0.25) is 9.59 Å². The van der Waals surface area contributed by atoms with Crippen LogP contribution in [-0.4, -0.2) is 39.8 Å². The first-order valence-electron chi connectivity index (χ1n) is 14.5. The van der Waals surface area contributed by atoms with Gasteiger partial charge < -0.3 is 20.3 Å². The maximum Gasteiger partial charge on any atom is 0.236 e. The Morgan fingerprint density at radius 3 is 2.47 bits per heavy atom. The highest BCUT2D eigenvalue weighted by Gasteiger charge is 2.74. The zero-order valence-corrected chi connectivity index (χ0v) is 23.2. The van der Waals surface area contributed by atoms with E-state index in [9.17, 15) is 19.8 Å². The molecule has 12 unspecified atom stereocenters. The van der Waals surface area contributed by atoms with Gasteiger partial charge in [-0.2, -0.15) is 0 Å². The van der Waals surface area contributed by atoms with Crippen molar-refractivity contribution in [2.75, 3.05) is 0 Å². The molecule has 3 saturated carbocycles. The zero-order valence-electron chi connectivity index (χ0n) is 23.2. The molecule has 6 nitrogen and oxygen atoms in total. The minimum Gasteiger partial charge on any atom is -0.490 e. The number of hydrogen-bond acceptors (Lipinski definition) is 5. The van der Waals surface area contributed by atoms with Crippen molar-refractivity contribution in [2.24, 2.45) is 51.8 Å². The first-order valence-corrected chi connectivity index (χ1v) is 14.5. The summed E-state index contributed by atoms with van der Waals surface area (Å²) in [6, 6.07) is 7.85. The summed E-state index contributed by atoms with van der Waals surface area (Å²) in [4.78, 5) is 28.6. The highest BCUT2D eigenvalue weighted by molar-refractivity contribution is 6.10. The molecule has 12 atom stereocenters. The zero-order chi connectivity index (χ0) is 27.0. The number of aliphatic hydroxyl groups is 2. The number of amides is 1. The Labute approximate surface area is 225 Å². The van der Waals surface area contributed by atoms with Gasteiger partial charge in [-0.1, -0.05) is 51.5 Å². The number of hydrogen-bond donors (Lipinski definition) is 3. The molecule has 8 rings (SSSR count). The van der Waals surface area contributed by atoms with E-state index >= 15 is 0 Å². The smallest absolute Gasteiger partial charge is 0.236 e. The largest absolute Gasteiger partial charge is 0.490 e. The number of ether oxygens (including phenoxy) is 1. The molecule has 0 aromatic heterocycles. The third kappa shape index (κ3) is 2.97. The number of benzene rings is 1. The van der Waals surface area contributed by atoms with Crippen LogP contribution in [0.1, 0.15) is 65.9 Å². The van der Waals surface area contributed by atoms with Crippen molar-refractivity contribution in [3.05, 3.63) is 41.5 Å². The second-order valence-corrected chi connectivity index (χ2v) is 14.6. The van der Waals surface area contributed by atoms with Crippen LogP contribution in [-0.2, 0) is 16.0 Å². The minimum absolute atomic E-state index is 0.0111. The SMILES string of the molecule is CC1=CC2(C)C(O)CC34CC(O)(Cc5ccc(cc5)OC5C(C2C3=O)C1C1(C)CC(C)CC(C)C51)NC4=O. The predicted octanol–water partition coefficient (Wildman–Crippen LogP) is 4.04. The highest BCUT2D eigenvalue weighted by atomic mass is 16.5. The highest BCUT2D eigenvalue weighted by Crippen LogP contribution is 2.70. The van der Waals surface area contributed by atoms with Crippen molar-refractivity contribution in [1.29, 1.82) is 0 Å². The van der Waals surface area contributed by atoms with E-state index in [1.165, 1.54) is 5.57 Å². The fourth-order valence-electron chi connectivity index (χ4n) is 11.1. The second kappa shape index (κ2) is 7.51. The number of carbonyl (C=O) groups is 2. The Kier molecular flexibility index (Phi) is 4.91. The van der Waals surface area contributed by atoms with Gasteiger partial charge in [-0.05, 0) is 67.1 Å². The normalized spacial score (nSPS) is 52.7. The summed E-state index contributed by atoms with van der Waals surface area (Å²) in [6.07, 6.45) is 3.51. The molecule has 1 spiro atoms. The first-order chi connectivity index (χ1) is 17.8. The molecule has 0 radical (unpaired) electrons. The van der Waals surface area contributed by atoms with Crippen LogP contribution >= 0.6 is 0 Å². The number of ketones is 1. The molecule has 3 aliphatic heterocycles. The number of nitrogens with one attached hydrogen (secondary N) is 1. The van der Waals surface area contributed by atoms with E-state index in [-0.39, 0.29) is 54.3 Å². The first kappa shape index (κ1) is 24.8. The summed E-state index contributed by atoms with van der Waals surface area (Å²) in [5, 5.41) is 26.2. The van der Waals surface area contributed by atoms with Crippen LogP contribution in [0.15, 0.2) is 35.9 Å². The molecule has 4 aliphatic carbocycles. The Morgan fingerprint density at radius 2 is 1.76 bits per heavy atom. The van der Waals surface area contributed by atoms with Gasteiger partial charge in [0.1, 0.15) is 23.0 Å². The van der Waals surface area contributed by atoms with Crippen molar-refractivity contribution in [2.45, 2.75) is 84.7 Å². The average Bonchev–Trinajstić information content (AvgIpc) is 3.21. The molecule has 1 aromatic carbocycles. The number of carbonyl (C=O) groups excluding carboxylic acids is 2. The molecule has 3 N–H and O–H groups in total. The summed E-state index contributed by atoms with van der Waals surface area (Å²) >= 11 is 0. The summed E-state index contributed by atoms with van der Waals surface area (Å²) in [7, 11) is 0. The fourth-order valence-corrected chi connectivity index (χ4v) is 11.1. The lowest BCUT2D eigenvalue weighted by atomic mass is 9.47. The molecule has 6 heteroatoms. The van der Waals surface area contributed by atoms with E-state index in [0.29, 0.717) is 11.8 Å². The van der Waals surface area contributed by atoms with E-state index in [1.54, 1.807) is 0 Å². The van der Waals surface area contributed by atoms with E-state index in [4.69, 9.17) is 4.74 Å². The van der Waals surface area contributed by atoms with Crippen LogP contribution in [0, 0.1) is 51.8 Å². The third-order valence-electron chi connectivity index (χ3n) is 11.9. The second-order valence-electron chi connectivity index (χ2n) is 14.6. The molecular weight excluding hydrogens is 478 g/mol. The Hall–Kier alpha value is -2.18. The topological polar surface area (TPSA) is 95.9 Å². The minimum atomic E-state index is -1.53. The molecule has 7 aliphatic rings. The summed E-state index contributed by atoms with van der Waals surface area (Å²) in [6.45, 7) is 11.3. The van der Waals surface area contributed by atoms with E-state index in [1.807, 2.05) is 31.2 Å². The average molecular weight is 520 g/mol. The lowest BCUT2D eigenvalue weighted by Crippen LogP contribution is -2.63. The molecule has 3 heterocycles. The fraction of sp³-hybridized carbons (Fsp3) is 0.688. The standard InChI is InChI=1S/C32H41NO5/c1-16-10-17(2)24-26-22-23(30(24,5)11-16)18(3)12-29(4)21(34)14-31(27(35)25(22)29)15-32(37,33-28(31)36)13-19-6-8-20(38-26)9-7-19/h6-9,12,16-17,21-26,34,37H,10-11,13-15H2,1-5H3,(H,33,36). The van der Waals surface area contributed by atoms with Gasteiger partial charge in [-0.15, -0.1) is 0 Å². The van der Waals surface area contributed by atoms with Crippen molar-refractivity contribution >= 4 is 11.7 Å². The quantitative estimate of drug-likeness (QED) is 0.355. The van der Waals surface area contributed by atoms with Crippen LogP contribution in [0.25, 0.3) is 0 Å². The van der Waals surface area contributed by atoms with Crippen molar-refractivity contribution in [3.63, 3.8) is 0 Å². The molecule has 38 heavy (non-hydrogen) atoms. The van der Waals surface area contributed by atoms with Crippen molar-refractivity contribution in [1.82, 2.24) is 5.32 Å². The van der Waals surface area contributed by atoms with E-state index in [0.717, 1.165) is 24.2 Å². The number of fused-ring (bicyclic) bond motifs is 4. The van der Waals surface area contributed by atoms with Gasteiger partial charge in [0.15, 0.2) is 5.78 Å². The summed E-state index contributed by atoms with van der Waals surface area (Å²) in [5.74, 6) is 0.870. The Balaban J connectivity index is 1.49. The van der Waals surface area contributed by atoms with Gasteiger partial charge >= 0.3 is 0 Å². The summed E-state index contributed by atoms with van der Waals surface area (Å²) in [5.41, 5.74) is -1.71. The van der Waals surface area contributed by atoms with Crippen LogP contribution in [0.4, 0.5) is 0 Å². The monoisotopic (exact) mass is 519 g/mol. The maximum absolute atomic E-state index is 14.9. The number of allylic oxidation sites excluding steroid dienone is 1. The van der Waals surface area contributed by atoms with Gasteiger partial charge in [0.05, 0.1) is 6.10 Å². The van der Waals surface area contributed by atoms with Crippen LogP contribution in [0.2, 0.25) is 0 Å². The lowest BCUT2D eigenvalue weighted by molar-refractivity contribution is -0.167. The van der Waals surface area contributed by atoms with E-state index in [2.05, 4.69) is 39.1 Å². The molecule has 1 amide bonds. The number of Topliss-reactive ketones (excluding diaryl/α,β-unsaturated/α-hetero) is 1. The molecule has 5 bridgehead atoms. The van der Waals surface area contributed by atoms with E-state index < -0.39 is 34.5 Å². The van der Waals surface area contributed by atoms with Crippen molar-refractivity contribution in [3.8, 4) is 5.75 Å². The van der Waals surface area contributed by atoms with Gasteiger partial charge in [0.25, 0.3) is 0 Å². The maximum atomic E-state index is 14.9. The van der Waals surface area contributed by atoms with Gasteiger partial charge in [0.2, 0.25) is 5.91 Å². The van der Waals surface area contributed by atoms with Crippen molar-refractivity contribution < 1.29 is 24.5 Å². The lowest BCUT2D eigenvalue weighted by Gasteiger charge is -2.56. The van der Waals surface area contributed by atoms with Gasteiger partial charge in [0, 0.05) is 36.0 Å². The van der Waals surface area contributed by atoms with Crippen LogP contribution < -0.4 is 10.1 Å². The number of aliphatic hydroxyl groups excluding tert-OH is 1. The molecule has 1 aromatic rings. The van der Waals surface area contributed by atoms with Crippen LogP contribution in [0.5, 0.6) is 5.75 Å². The third-order valence-corrected chi connectivity index (χ3v) is 11.9. The number of rotatable bonds is 0.